The first-order valence-corrected chi connectivity index (χ1v) is 4.43. The van der Waals surface area contributed by atoms with E-state index in [-0.39, 0.29) is 13.2 Å². The van der Waals surface area contributed by atoms with Crippen molar-refractivity contribution >= 4 is 0 Å². The predicted octanol–water partition coefficient (Wildman–Crippen LogP) is -1.06. The third-order valence-electron chi connectivity index (χ3n) is 2.41. The molecule has 0 aliphatic carbocycles. The monoisotopic (exact) mass is 236 g/mol. The van der Waals surface area contributed by atoms with Gasteiger partial charge in [0.2, 0.25) is 0 Å². The van der Waals surface area contributed by atoms with Crippen LogP contribution in [0.4, 0.5) is 0 Å². The van der Waals surface area contributed by atoms with Crippen molar-refractivity contribution in [1.82, 2.24) is 0 Å². The summed E-state index contributed by atoms with van der Waals surface area (Å²) in [6.45, 7) is -0.0955. The van der Waals surface area contributed by atoms with Crippen LogP contribution in [0.5, 0.6) is 0 Å². The molecule has 2 rings (SSSR count). The third kappa shape index (κ3) is 1.97. The van der Waals surface area contributed by atoms with Crippen molar-refractivity contribution < 1.29 is 29.3 Å². The second-order valence-electron chi connectivity index (χ2n) is 3.33. The van der Waals surface area contributed by atoms with Crippen LogP contribution in [0.25, 0.3) is 0 Å². The molecule has 2 fully saturated rings. The highest BCUT2D eigenvalue weighted by Crippen LogP contribution is 2.30. The van der Waals surface area contributed by atoms with Crippen molar-refractivity contribution in [3.05, 3.63) is 20.2 Å². The number of rotatable bonds is 4. The van der Waals surface area contributed by atoms with Crippen molar-refractivity contribution in [3.8, 4) is 0 Å². The summed E-state index contributed by atoms with van der Waals surface area (Å²) < 4.78 is 10.2. The lowest BCUT2D eigenvalue weighted by atomic mass is 10.1. The Hall–Kier alpha value is -1.68. The van der Waals surface area contributed by atoms with Gasteiger partial charge in [-0.2, -0.15) is 0 Å². The van der Waals surface area contributed by atoms with E-state index >= 15 is 0 Å². The molecule has 0 unspecified atom stereocenters. The first-order chi connectivity index (χ1) is 7.58. The minimum atomic E-state index is -0.943. The molecule has 4 atom stereocenters. The van der Waals surface area contributed by atoms with Gasteiger partial charge in [-0.3, -0.25) is 0 Å². The molecular formula is C6H8N2O8. The van der Waals surface area contributed by atoms with Crippen LogP contribution in [0.3, 0.4) is 0 Å². The molecule has 0 aromatic heterocycles. The van der Waals surface area contributed by atoms with E-state index < -0.39 is 34.6 Å². The van der Waals surface area contributed by atoms with Gasteiger partial charge in [-0.1, -0.05) is 0 Å². The van der Waals surface area contributed by atoms with Crippen molar-refractivity contribution in [2.75, 3.05) is 13.2 Å². The second-order valence-corrected chi connectivity index (χ2v) is 3.33. The molecule has 0 saturated carbocycles. The summed E-state index contributed by atoms with van der Waals surface area (Å²) in [5.41, 5.74) is 0. The molecule has 0 aromatic rings. The Morgan fingerprint density at radius 1 is 0.938 bits per heavy atom. The van der Waals surface area contributed by atoms with Gasteiger partial charge >= 0.3 is 0 Å². The lowest BCUT2D eigenvalue weighted by Gasteiger charge is -2.13. The summed E-state index contributed by atoms with van der Waals surface area (Å²) in [7, 11) is 0. The van der Waals surface area contributed by atoms with Crippen LogP contribution in [0.15, 0.2) is 0 Å². The lowest BCUT2D eigenvalue weighted by molar-refractivity contribution is -0.769. The lowest BCUT2D eigenvalue weighted by Crippen LogP contribution is -2.35. The zero-order valence-corrected chi connectivity index (χ0v) is 7.88. The van der Waals surface area contributed by atoms with Crippen LogP contribution in [0.2, 0.25) is 0 Å². The van der Waals surface area contributed by atoms with Crippen molar-refractivity contribution in [2.24, 2.45) is 0 Å². The molecule has 2 saturated heterocycles. The highest BCUT2D eigenvalue weighted by Gasteiger charge is 2.51. The van der Waals surface area contributed by atoms with Crippen LogP contribution >= 0.6 is 0 Å². The van der Waals surface area contributed by atoms with Crippen molar-refractivity contribution in [1.29, 1.82) is 0 Å². The molecule has 0 bridgehead atoms. The molecule has 10 nitrogen and oxygen atoms in total. The standard InChI is InChI=1S/C6H8N2O8/c9-7(10)15-3-1-13-6-4(16-8(11)12)2-14-5(3)6/h3-6H,1-2H2/t3-,4+,5+,6-. The number of nitrogens with zero attached hydrogens (tertiary/aromatic N) is 2. The summed E-state index contributed by atoms with van der Waals surface area (Å²) in [4.78, 5) is 28.9. The third-order valence-corrected chi connectivity index (χ3v) is 2.41. The minimum Gasteiger partial charge on any atom is -0.371 e. The van der Waals surface area contributed by atoms with E-state index in [1.165, 1.54) is 0 Å². The number of fused-ring (bicyclic) bond motifs is 1. The Morgan fingerprint density at radius 2 is 1.31 bits per heavy atom. The van der Waals surface area contributed by atoms with Gasteiger partial charge in [-0.05, 0) is 0 Å². The molecule has 90 valence electrons. The Bertz CT molecular complexity index is 279. The van der Waals surface area contributed by atoms with E-state index in [1.807, 2.05) is 0 Å². The average Bonchev–Trinajstić information content (AvgIpc) is 2.70. The predicted molar refractivity (Wildman–Crippen MR) is 43.2 cm³/mol. The Morgan fingerprint density at radius 3 is 1.62 bits per heavy atom. The van der Waals surface area contributed by atoms with Gasteiger partial charge in [0.1, 0.15) is 12.2 Å². The maximum atomic E-state index is 10.1. The Balaban J connectivity index is 1.95. The quantitative estimate of drug-likeness (QED) is 0.446. The maximum Gasteiger partial charge on any atom is 0.294 e. The molecule has 10 heteroatoms. The van der Waals surface area contributed by atoms with Crippen LogP contribution in [0.1, 0.15) is 0 Å². The molecule has 2 heterocycles. The molecular weight excluding hydrogens is 228 g/mol. The minimum absolute atomic E-state index is 0.0477. The van der Waals surface area contributed by atoms with E-state index in [0.29, 0.717) is 0 Å². The van der Waals surface area contributed by atoms with Crippen molar-refractivity contribution in [3.63, 3.8) is 0 Å². The number of hydrogen-bond donors (Lipinski definition) is 0. The molecule has 0 radical (unpaired) electrons. The van der Waals surface area contributed by atoms with Gasteiger partial charge in [-0.25, -0.2) is 0 Å². The van der Waals surface area contributed by atoms with Crippen molar-refractivity contribution in [2.45, 2.75) is 24.4 Å². The summed E-state index contributed by atoms with van der Waals surface area (Å²) in [5.74, 6) is 0. The number of hydrogen-bond acceptors (Lipinski definition) is 8. The smallest absolute Gasteiger partial charge is 0.294 e. The fourth-order valence-electron chi connectivity index (χ4n) is 1.83. The SMILES string of the molecule is O=[N+]([O-])O[C@H]1CO[C@@H]2[C@@H]1OC[C@H]2O[N+](=O)[O-]. The molecule has 16 heavy (non-hydrogen) atoms. The Kier molecular flexibility index (Phi) is 2.75. The molecule has 0 aromatic carbocycles. The van der Waals surface area contributed by atoms with E-state index in [9.17, 15) is 20.2 Å². The fraction of sp³-hybridized carbons (Fsp3) is 1.00. The fourth-order valence-corrected chi connectivity index (χ4v) is 1.83. The summed E-state index contributed by atoms with van der Waals surface area (Å²) in [6, 6.07) is 0. The molecule has 0 amide bonds. The second kappa shape index (κ2) is 4.06. The summed E-state index contributed by atoms with van der Waals surface area (Å²) in [6.07, 6.45) is -3.12. The highest BCUT2D eigenvalue weighted by atomic mass is 17.0. The molecule has 0 N–H and O–H groups in total. The Labute approximate surface area is 88.2 Å². The van der Waals surface area contributed by atoms with E-state index in [1.54, 1.807) is 0 Å². The summed E-state index contributed by atoms with van der Waals surface area (Å²) in [5, 5.41) is 18.4. The van der Waals surface area contributed by atoms with Crippen LogP contribution in [-0.4, -0.2) is 47.8 Å². The largest absolute Gasteiger partial charge is 0.371 e. The van der Waals surface area contributed by atoms with Crippen LogP contribution in [-0.2, 0) is 19.1 Å². The zero-order chi connectivity index (χ0) is 11.7. The number of ether oxygens (including phenoxy) is 2. The molecule has 0 spiro atoms. The highest BCUT2D eigenvalue weighted by molar-refractivity contribution is 4.94. The maximum absolute atomic E-state index is 10.1. The normalized spacial score (nSPS) is 36.8. The van der Waals surface area contributed by atoms with Gasteiger partial charge in [0, 0.05) is 0 Å². The zero-order valence-electron chi connectivity index (χ0n) is 7.88. The van der Waals surface area contributed by atoms with Gasteiger partial charge in [-0.15, -0.1) is 20.2 Å². The molecule has 2 aliphatic heterocycles. The summed E-state index contributed by atoms with van der Waals surface area (Å²) >= 11 is 0. The average molecular weight is 236 g/mol. The molecule has 2 aliphatic rings. The van der Waals surface area contributed by atoms with E-state index in [0.717, 1.165) is 0 Å². The van der Waals surface area contributed by atoms with Gasteiger partial charge < -0.3 is 19.1 Å². The first-order valence-electron chi connectivity index (χ1n) is 4.43. The van der Waals surface area contributed by atoms with Gasteiger partial charge in [0.15, 0.2) is 12.2 Å². The van der Waals surface area contributed by atoms with Gasteiger partial charge in [0.25, 0.3) is 10.2 Å². The van der Waals surface area contributed by atoms with E-state index in [4.69, 9.17) is 9.47 Å². The van der Waals surface area contributed by atoms with E-state index in [2.05, 4.69) is 9.68 Å². The topological polar surface area (TPSA) is 123 Å². The van der Waals surface area contributed by atoms with Gasteiger partial charge in [0.05, 0.1) is 13.2 Å². The first kappa shape index (κ1) is 10.8. The van der Waals surface area contributed by atoms with Crippen LogP contribution < -0.4 is 0 Å². The van der Waals surface area contributed by atoms with Crippen LogP contribution in [0, 0.1) is 20.2 Å².